The van der Waals surface area contributed by atoms with E-state index in [2.05, 4.69) is 15.5 Å². The Morgan fingerprint density at radius 1 is 1.36 bits per heavy atom. The van der Waals surface area contributed by atoms with Crippen LogP contribution in [0, 0.1) is 13.8 Å². The molecule has 2 N–H and O–H groups in total. The number of aromatic carboxylic acids is 1. The molecule has 0 spiro atoms. The van der Waals surface area contributed by atoms with Gasteiger partial charge in [-0.3, -0.25) is 14.2 Å². The number of carboxylic acids is 1. The lowest BCUT2D eigenvalue weighted by Crippen LogP contribution is -2.31. The first-order chi connectivity index (χ1) is 10.3. The standard InChI is InChI=1S/C14H19N5O3/c1-8-11(9(2)18(4)16-8)7-15-13(20)10(3)19-6-5-12(17-19)14(21)22/h5-6,10H,7H2,1-4H3,(H,15,20)(H,21,22). The van der Waals surface area contributed by atoms with E-state index in [1.807, 2.05) is 20.9 Å². The van der Waals surface area contributed by atoms with E-state index in [1.54, 1.807) is 11.6 Å². The highest BCUT2D eigenvalue weighted by atomic mass is 16.4. The minimum absolute atomic E-state index is 0.0846. The molecule has 1 unspecified atom stereocenters. The molecule has 118 valence electrons. The van der Waals surface area contributed by atoms with Gasteiger partial charge in [-0.05, 0) is 26.8 Å². The van der Waals surface area contributed by atoms with Crippen molar-refractivity contribution in [1.82, 2.24) is 24.9 Å². The van der Waals surface area contributed by atoms with Gasteiger partial charge in [-0.2, -0.15) is 10.2 Å². The number of rotatable bonds is 5. The number of carboxylic acid groups (broad SMARTS) is 1. The molecule has 0 fully saturated rings. The number of nitrogens with zero attached hydrogens (tertiary/aromatic N) is 4. The molecule has 8 nitrogen and oxygen atoms in total. The molecule has 0 saturated heterocycles. The molecular weight excluding hydrogens is 286 g/mol. The first-order valence-electron chi connectivity index (χ1n) is 6.86. The zero-order chi connectivity index (χ0) is 16.4. The van der Waals surface area contributed by atoms with Gasteiger partial charge in [0.05, 0.1) is 5.69 Å². The minimum atomic E-state index is -1.12. The van der Waals surface area contributed by atoms with Crippen LogP contribution in [0.15, 0.2) is 12.3 Å². The van der Waals surface area contributed by atoms with Crippen molar-refractivity contribution in [3.63, 3.8) is 0 Å². The SMILES string of the molecule is Cc1nn(C)c(C)c1CNC(=O)C(C)n1ccc(C(=O)O)n1. The Balaban J connectivity index is 2.03. The second-order valence-electron chi connectivity index (χ2n) is 5.15. The van der Waals surface area contributed by atoms with Crippen LogP contribution >= 0.6 is 0 Å². The second kappa shape index (κ2) is 6.00. The molecule has 1 atom stereocenters. The molecule has 2 aromatic rings. The first kappa shape index (κ1) is 15.7. The number of hydrogen-bond donors (Lipinski definition) is 2. The van der Waals surface area contributed by atoms with Crippen molar-refractivity contribution in [3.8, 4) is 0 Å². The molecule has 2 heterocycles. The van der Waals surface area contributed by atoms with Crippen molar-refractivity contribution in [3.05, 3.63) is 34.9 Å². The van der Waals surface area contributed by atoms with Gasteiger partial charge in [0.2, 0.25) is 5.91 Å². The summed E-state index contributed by atoms with van der Waals surface area (Å²) in [5, 5.41) is 19.8. The van der Waals surface area contributed by atoms with E-state index in [9.17, 15) is 9.59 Å². The topological polar surface area (TPSA) is 102 Å². The van der Waals surface area contributed by atoms with Gasteiger partial charge in [0, 0.05) is 31.0 Å². The van der Waals surface area contributed by atoms with Gasteiger partial charge in [0.1, 0.15) is 6.04 Å². The third kappa shape index (κ3) is 3.00. The van der Waals surface area contributed by atoms with E-state index < -0.39 is 12.0 Å². The molecule has 0 saturated carbocycles. The Morgan fingerprint density at radius 3 is 2.55 bits per heavy atom. The van der Waals surface area contributed by atoms with Crippen LogP contribution in [0.25, 0.3) is 0 Å². The third-order valence-corrected chi connectivity index (χ3v) is 3.70. The quantitative estimate of drug-likeness (QED) is 0.851. The highest BCUT2D eigenvalue weighted by Crippen LogP contribution is 2.12. The summed E-state index contributed by atoms with van der Waals surface area (Å²) in [6, 6.07) is 0.770. The largest absolute Gasteiger partial charge is 0.476 e. The number of amides is 1. The van der Waals surface area contributed by atoms with Gasteiger partial charge >= 0.3 is 5.97 Å². The zero-order valence-electron chi connectivity index (χ0n) is 13.0. The average Bonchev–Trinajstić information content (AvgIpc) is 3.03. The summed E-state index contributed by atoms with van der Waals surface area (Å²) in [5.74, 6) is -1.35. The molecule has 0 aliphatic rings. The maximum atomic E-state index is 12.2. The molecule has 22 heavy (non-hydrogen) atoms. The number of hydrogen-bond acceptors (Lipinski definition) is 4. The van der Waals surface area contributed by atoms with Gasteiger partial charge in [-0.25, -0.2) is 4.79 Å². The summed E-state index contributed by atoms with van der Waals surface area (Å²) >= 11 is 0. The summed E-state index contributed by atoms with van der Waals surface area (Å²) in [6.45, 7) is 5.88. The Hall–Kier alpha value is -2.64. The number of nitrogens with one attached hydrogen (secondary N) is 1. The van der Waals surface area contributed by atoms with Crippen LogP contribution in [0.3, 0.4) is 0 Å². The van der Waals surface area contributed by atoms with E-state index in [4.69, 9.17) is 5.11 Å². The van der Waals surface area contributed by atoms with Gasteiger partial charge in [-0.15, -0.1) is 0 Å². The van der Waals surface area contributed by atoms with Crippen molar-refractivity contribution >= 4 is 11.9 Å². The predicted octanol–water partition coefficient (Wildman–Crippen LogP) is 0.809. The number of aryl methyl sites for hydroxylation is 2. The molecule has 8 heteroatoms. The number of carbonyl (C=O) groups is 2. The van der Waals surface area contributed by atoms with E-state index in [-0.39, 0.29) is 11.6 Å². The van der Waals surface area contributed by atoms with E-state index in [0.29, 0.717) is 6.54 Å². The van der Waals surface area contributed by atoms with Gasteiger partial charge < -0.3 is 10.4 Å². The van der Waals surface area contributed by atoms with Crippen LogP contribution in [-0.2, 0) is 18.4 Å². The number of aromatic nitrogens is 4. The number of carbonyl (C=O) groups excluding carboxylic acids is 1. The van der Waals surface area contributed by atoms with Crippen LogP contribution in [0.5, 0.6) is 0 Å². The fourth-order valence-corrected chi connectivity index (χ4v) is 2.18. The Morgan fingerprint density at radius 2 is 2.05 bits per heavy atom. The van der Waals surface area contributed by atoms with Crippen LogP contribution in [-0.4, -0.2) is 36.5 Å². The lowest BCUT2D eigenvalue weighted by Gasteiger charge is -2.13. The van der Waals surface area contributed by atoms with Crippen LogP contribution in [0.1, 0.15) is 40.4 Å². The lowest BCUT2D eigenvalue weighted by atomic mass is 10.2. The van der Waals surface area contributed by atoms with E-state index >= 15 is 0 Å². The summed E-state index contributed by atoms with van der Waals surface area (Å²) in [5.41, 5.74) is 2.77. The average molecular weight is 305 g/mol. The Bertz CT molecular complexity index is 716. The molecule has 2 rings (SSSR count). The zero-order valence-corrected chi connectivity index (χ0v) is 13.0. The molecule has 0 radical (unpaired) electrons. The maximum absolute atomic E-state index is 12.2. The molecule has 0 aromatic carbocycles. The van der Waals surface area contributed by atoms with Gasteiger partial charge in [-0.1, -0.05) is 0 Å². The molecular formula is C14H19N5O3. The van der Waals surface area contributed by atoms with Crippen molar-refractivity contribution in [2.24, 2.45) is 7.05 Å². The monoisotopic (exact) mass is 305 g/mol. The fraction of sp³-hybridized carbons (Fsp3) is 0.429. The third-order valence-electron chi connectivity index (χ3n) is 3.70. The second-order valence-corrected chi connectivity index (χ2v) is 5.15. The van der Waals surface area contributed by atoms with Crippen LogP contribution in [0.4, 0.5) is 0 Å². The molecule has 0 bridgehead atoms. The molecule has 0 aliphatic carbocycles. The molecule has 1 amide bonds. The van der Waals surface area contributed by atoms with Crippen molar-refractivity contribution in [1.29, 1.82) is 0 Å². The summed E-state index contributed by atoms with van der Waals surface area (Å²) in [4.78, 5) is 23.0. The van der Waals surface area contributed by atoms with Crippen LogP contribution in [0.2, 0.25) is 0 Å². The van der Waals surface area contributed by atoms with Crippen molar-refractivity contribution < 1.29 is 14.7 Å². The highest BCUT2D eigenvalue weighted by molar-refractivity contribution is 5.85. The summed E-state index contributed by atoms with van der Waals surface area (Å²) in [6.07, 6.45) is 1.48. The molecule has 2 aromatic heterocycles. The summed E-state index contributed by atoms with van der Waals surface area (Å²) < 4.78 is 3.11. The van der Waals surface area contributed by atoms with Crippen LogP contribution < -0.4 is 5.32 Å². The highest BCUT2D eigenvalue weighted by Gasteiger charge is 2.18. The van der Waals surface area contributed by atoms with Gasteiger partial charge in [0.25, 0.3) is 0 Å². The normalized spacial score (nSPS) is 12.2. The fourth-order valence-electron chi connectivity index (χ4n) is 2.18. The molecule has 0 aliphatic heterocycles. The van der Waals surface area contributed by atoms with Crippen molar-refractivity contribution in [2.45, 2.75) is 33.4 Å². The maximum Gasteiger partial charge on any atom is 0.356 e. The minimum Gasteiger partial charge on any atom is -0.476 e. The smallest absolute Gasteiger partial charge is 0.356 e. The van der Waals surface area contributed by atoms with Gasteiger partial charge in [0.15, 0.2) is 5.69 Å². The van der Waals surface area contributed by atoms with Crippen molar-refractivity contribution in [2.75, 3.05) is 0 Å². The first-order valence-corrected chi connectivity index (χ1v) is 6.86. The lowest BCUT2D eigenvalue weighted by molar-refractivity contribution is -0.124. The predicted molar refractivity (Wildman–Crippen MR) is 78.4 cm³/mol. The Labute approximate surface area is 127 Å². The van der Waals surface area contributed by atoms with E-state index in [1.165, 1.54) is 16.9 Å². The van der Waals surface area contributed by atoms with E-state index in [0.717, 1.165) is 17.0 Å². The Kier molecular flexibility index (Phi) is 4.30. The summed E-state index contributed by atoms with van der Waals surface area (Å²) in [7, 11) is 1.85.